The molecule has 1 amide bonds. The zero-order chi connectivity index (χ0) is 20.8. The number of hydrogen-bond donors (Lipinski definition) is 1. The maximum Gasteiger partial charge on any atom is 0.251 e. The number of rotatable bonds is 8. The third-order valence-corrected chi connectivity index (χ3v) is 5.31. The fourth-order valence-electron chi connectivity index (χ4n) is 3.30. The van der Waals surface area contributed by atoms with Crippen LogP contribution >= 0.6 is 15.9 Å². The summed E-state index contributed by atoms with van der Waals surface area (Å²) in [6.07, 6.45) is 0.836. The molecule has 6 heteroatoms. The molecular weight excluding hydrogens is 442 g/mol. The largest absolute Gasteiger partial charge is 0.494 e. The normalized spacial score (nSPS) is 10.8. The van der Waals surface area contributed by atoms with Crippen LogP contribution in [0.3, 0.4) is 0 Å². The van der Waals surface area contributed by atoms with Crippen molar-refractivity contribution in [2.75, 3.05) is 6.61 Å². The third-order valence-electron chi connectivity index (χ3n) is 4.79. The van der Waals surface area contributed by atoms with E-state index in [1.807, 2.05) is 60.7 Å². The van der Waals surface area contributed by atoms with Crippen LogP contribution < -0.4 is 10.1 Å². The minimum absolute atomic E-state index is 0.117. The summed E-state index contributed by atoms with van der Waals surface area (Å²) in [4.78, 5) is 17.2. The zero-order valence-corrected chi connectivity index (χ0v) is 18.0. The van der Waals surface area contributed by atoms with Crippen LogP contribution in [-0.4, -0.2) is 22.1 Å². The molecule has 5 nitrogen and oxygen atoms in total. The number of nitrogens with one attached hydrogen (secondary N) is 1. The summed E-state index contributed by atoms with van der Waals surface area (Å²) in [6.45, 7) is 1.74. The SMILES string of the molecule is O=C(NCc1nc2ccccc2n1CCCOc1ccccc1)c1ccc(Br)cc1. The van der Waals surface area contributed by atoms with Gasteiger partial charge in [0, 0.05) is 16.6 Å². The van der Waals surface area contributed by atoms with Gasteiger partial charge in [-0.2, -0.15) is 0 Å². The van der Waals surface area contributed by atoms with Crippen LogP contribution in [0.15, 0.2) is 83.3 Å². The van der Waals surface area contributed by atoms with Gasteiger partial charge in [-0.05, 0) is 55.0 Å². The van der Waals surface area contributed by atoms with Gasteiger partial charge in [-0.25, -0.2) is 4.98 Å². The van der Waals surface area contributed by atoms with Gasteiger partial charge in [0.15, 0.2) is 0 Å². The molecule has 30 heavy (non-hydrogen) atoms. The molecule has 4 rings (SSSR count). The molecule has 1 N–H and O–H groups in total. The maximum absolute atomic E-state index is 12.5. The highest BCUT2D eigenvalue weighted by molar-refractivity contribution is 9.10. The van der Waals surface area contributed by atoms with Crippen LogP contribution in [-0.2, 0) is 13.1 Å². The molecule has 0 saturated heterocycles. The Labute approximate surface area is 183 Å². The van der Waals surface area contributed by atoms with Crippen LogP contribution in [0.5, 0.6) is 5.75 Å². The summed E-state index contributed by atoms with van der Waals surface area (Å²) >= 11 is 3.39. The molecule has 0 radical (unpaired) electrons. The summed E-state index contributed by atoms with van der Waals surface area (Å²) in [5, 5.41) is 2.98. The molecule has 1 aromatic heterocycles. The second-order valence-electron chi connectivity index (χ2n) is 6.87. The molecule has 0 aliphatic heterocycles. The first-order valence-corrected chi connectivity index (χ1v) is 10.7. The van der Waals surface area contributed by atoms with Gasteiger partial charge in [0.1, 0.15) is 11.6 Å². The highest BCUT2D eigenvalue weighted by atomic mass is 79.9. The fraction of sp³-hybridized carbons (Fsp3) is 0.167. The smallest absolute Gasteiger partial charge is 0.251 e. The number of nitrogens with zero attached hydrogens (tertiary/aromatic N) is 2. The van der Waals surface area contributed by atoms with Crippen LogP contribution in [0.4, 0.5) is 0 Å². The standard InChI is InChI=1S/C24H22BrN3O2/c25-19-13-11-18(12-14-19)24(29)26-17-23-27-21-9-4-5-10-22(21)28(23)15-6-16-30-20-7-2-1-3-8-20/h1-5,7-14H,6,15-17H2,(H,26,29). The van der Waals surface area contributed by atoms with E-state index >= 15 is 0 Å². The van der Waals surface area contributed by atoms with E-state index in [1.54, 1.807) is 12.1 Å². The Bertz CT molecular complexity index is 1120. The van der Waals surface area contributed by atoms with E-state index in [1.165, 1.54) is 0 Å². The minimum Gasteiger partial charge on any atom is -0.494 e. The van der Waals surface area contributed by atoms with E-state index in [9.17, 15) is 4.79 Å². The first-order valence-electron chi connectivity index (χ1n) is 9.86. The Kier molecular flexibility index (Phi) is 6.44. The van der Waals surface area contributed by atoms with E-state index in [0.717, 1.165) is 40.0 Å². The number of halogens is 1. The van der Waals surface area contributed by atoms with Gasteiger partial charge in [-0.3, -0.25) is 4.79 Å². The first kappa shape index (κ1) is 20.2. The molecule has 4 aromatic rings. The predicted octanol–water partition coefficient (Wildman–Crippen LogP) is 5.20. The van der Waals surface area contributed by atoms with E-state index in [2.05, 4.69) is 31.9 Å². The van der Waals surface area contributed by atoms with Crippen LogP contribution in [0.2, 0.25) is 0 Å². The molecule has 0 spiro atoms. The molecule has 0 fully saturated rings. The van der Waals surface area contributed by atoms with Crippen molar-refractivity contribution < 1.29 is 9.53 Å². The lowest BCUT2D eigenvalue weighted by molar-refractivity contribution is 0.0949. The van der Waals surface area contributed by atoms with Gasteiger partial charge in [-0.15, -0.1) is 0 Å². The topological polar surface area (TPSA) is 56.2 Å². The fourth-order valence-corrected chi connectivity index (χ4v) is 3.57. The van der Waals surface area contributed by atoms with Crippen LogP contribution in [0, 0.1) is 0 Å². The molecule has 0 atom stereocenters. The molecule has 0 aliphatic rings. The second-order valence-corrected chi connectivity index (χ2v) is 7.79. The predicted molar refractivity (Wildman–Crippen MR) is 122 cm³/mol. The van der Waals surface area contributed by atoms with E-state index in [-0.39, 0.29) is 5.91 Å². The average molecular weight is 464 g/mol. The Morgan fingerprint density at radius 2 is 1.70 bits per heavy atom. The zero-order valence-electron chi connectivity index (χ0n) is 16.4. The molecular formula is C24H22BrN3O2. The molecule has 0 bridgehead atoms. The minimum atomic E-state index is -0.117. The van der Waals surface area contributed by atoms with E-state index in [0.29, 0.717) is 18.7 Å². The molecule has 0 unspecified atom stereocenters. The summed E-state index contributed by atoms with van der Waals surface area (Å²) in [7, 11) is 0. The highest BCUT2D eigenvalue weighted by Crippen LogP contribution is 2.17. The lowest BCUT2D eigenvalue weighted by Crippen LogP contribution is -2.25. The molecule has 0 aliphatic carbocycles. The average Bonchev–Trinajstić information content (AvgIpc) is 3.14. The Balaban J connectivity index is 1.43. The van der Waals surface area contributed by atoms with Crippen molar-refractivity contribution in [2.45, 2.75) is 19.5 Å². The number of aryl methyl sites for hydroxylation is 1. The number of benzene rings is 3. The first-order chi connectivity index (χ1) is 14.7. The number of imidazole rings is 1. The molecule has 152 valence electrons. The third kappa shape index (κ3) is 4.89. The monoisotopic (exact) mass is 463 g/mol. The lowest BCUT2D eigenvalue weighted by atomic mass is 10.2. The van der Waals surface area contributed by atoms with Gasteiger partial charge in [0.25, 0.3) is 5.91 Å². The molecule has 1 heterocycles. The van der Waals surface area contributed by atoms with Crippen LogP contribution in [0.1, 0.15) is 22.6 Å². The van der Waals surface area contributed by atoms with Crippen molar-refractivity contribution in [3.8, 4) is 5.75 Å². The van der Waals surface area contributed by atoms with Crippen molar-refractivity contribution in [2.24, 2.45) is 0 Å². The number of ether oxygens (including phenoxy) is 1. The van der Waals surface area contributed by atoms with Crippen molar-refractivity contribution >= 4 is 32.9 Å². The van der Waals surface area contributed by atoms with Gasteiger partial charge >= 0.3 is 0 Å². The summed E-state index contributed by atoms with van der Waals surface area (Å²) in [6, 6.07) is 25.1. The van der Waals surface area contributed by atoms with Crippen LogP contribution in [0.25, 0.3) is 11.0 Å². The number of carbonyl (C=O) groups excluding carboxylic acids is 1. The van der Waals surface area contributed by atoms with Gasteiger partial charge in [0.05, 0.1) is 24.2 Å². The van der Waals surface area contributed by atoms with Crippen molar-refractivity contribution in [1.82, 2.24) is 14.9 Å². The van der Waals surface area contributed by atoms with Gasteiger partial charge in [0.2, 0.25) is 0 Å². The van der Waals surface area contributed by atoms with E-state index < -0.39 is 0 Å². The number of hydrogen-bond acceptors (Lipinski definition) is 3. The lowest BCUT2D eigenvalue weighted by Gasteiger charge is -2.11. The summed E-state index contributed by atoms with van der Waals surface area (Å²) < 4.78 is 8.92. The van der Waals surface area contributed by atoms with Crippen molar-refractivity contribution in [3.05, 3.63) is 94.7 Å². The quantitative estimate of drug-likeness (QED) is 0.365. The van der Waals surface area contributed by atoms with Crippen molar-refractivity contribution in [3.63, 3.8) is 0 Å². The Morgan fingerprint density at radius 3 is 2.50 bits per heavy atom. The number of para-hydroxylation sites is 3. The van der Waals surface area contributed by atoms with Gasteiger partial charge in [-0.1, -0.05) is 46.3 Å². The number of carbonyl (C=O) groups is 1. The Hall–Kier alpha value is -3.12. The van der Waals surface area contributed by atoms with Crippen molar-refractivity contribution in [1.29, 1.82) is 0 Å². The molecule has 0 saturated carbocycles. The number of aromatic nitrogens is 2. The number of amides is 1. The second kappa shape index (κ2) is 9.59. The summed E-state index contributed by atoms with van der Waals surface area (Å²) in [5.74, 6) is 1.59. The molecule has 3 aromatic carbocycles. The Morgan fingerprint density at radius 1 is 0.967 bits per heavy atom. The van der Waals surface area contributed by atoms with E-state index in [4.69, 9.17) is 9.72 Å². The maximum atomic E-state index is 12.5. The van der Waals surface area contributed by atoms with Gasteiger partial charge < -0.3 is 14.6 Å². The number of fused-ring (bicyclic) bond motifs is 1. The summed E-state index contributed by atoms with van der Waals surface area (Å²) in [5.41, 5.74) is 2.61. The highest BCUT2D eigenvalue weighted by Gasteiger charge is 2.12.